The molecule has 6 heteroatoms. The van der Waals surface area contributed by atoms with Crippen LogP contribution < -0.4 is 5.32 Å². The molecule has 0 atom stereocenters. The lowest BCUT2D eigenvalue weighted by molar-refractivity contribution is -0.884. The van der Waals surface area contributed by atoms with Gasteiger partial charge in [-0.2, -0.15) is 0 Å². The Bertz CT molecular complexity index is 425. The van der Waals surface area contributed by atoms with Crippen LogP contribution in [0.15, 0.2) is 6.20 Å². The van der Waals surface area contributed by atoms with E-state index in [0.29, 0.717) is 13.1 Å². The van der Waals surface area contributed by atoms with Gasteiger partial charge in [-0.1, -0.05) is 26.0 Å². The van der Waals surface area contributed by atoms with Gasteiger partial charge in [0, 0.05) is 12.0 Å². The molecule has 1 N–H and O–H groups in total. The molecule has 108 valence electrons. The van der Waals surface area contributed by atoms with E-state index in [1.807, 2.05) is 27.0 Å². The van der Waals surface area contributed by atoms with Crippen molar-refractivity contribution >= 4 is 5.91 Å². The maximum Gasteiger partial charge on any atom is 0.225 e. The normalized spacial score (nSPS) is 12.5. The van der Waals surface area contributed by atoms with Crippen LogP contribution in [0.5, 0.6) is 0 Å². The summed E-state index contributed by atoms with van der Waals surface area (Å²) < 4.78 is 2.59. The van der Waals surface area contributed by atoms with Gasteiger partial charge in [-0.15, -0.1) is 5.10 Å². The van der Waals surface area contributed by atoms with Crippen molar-refractivity contribution in [1.82, 2.24) is 20.3 Å². The number of quaternary nitrogens is 1. The van der Waals surface area contributed by atoms with Gasteiger partial charge in [-0.25, -0.2) is 0 Å². The zero-order chi connectivity index (χ0) is 14.7. The monoisotopic (exact) mass is 268 g/mol. The third kappa shape index (κ3) is 5.83. The van der Waals surface area contributed by atoms with E-state index in [1.54, 1.807) is 4.68 Å². The first-order chi connectivity index (χ1) is 8.58. The quantitative estimate of drug-likeness (QED) is 0.798. The number of carbonyl (C=O) groups is 1. The number of hydrogen-bond acceptors (Lipinski definition) is 3. The predicted octanol–water partition coefficient (Wildman–Crippen LogP) is 0.647. The lowest BCUT2D eigenvalue weighted by Crippen LogP contribution is -2.36. The second kappa shape index (κ2) is 5.69. The number of hydrogen-bond donors (Lipinski definition) is 1. The Morgan fingerprint density at radius 1 is 1.37 bits per heavy atom. The highest BCUT2D eigenvalue weighted by Gasteiger charge is 2.20. The molecule has 19 heavy (non-hydrogen) atoms. The maximum atomic E-state index is 11.7. The van der Waals surface area contributed by atoms with Crippen LogP contribution in [-0.2, 0) is 17.9 Å². The van der Waals surface area contributed by atoms with Crippen molar-refractivity contribution in [3.63, 3.8) is 0 Å². The van der Waals surface area contributed by atoms with Gasteiger partial charge in [0.1, 0.15) is 12.2 Å². The minimum Gasteiger partial charge on any atom is -0.354 e. The van der Waals surface area contributed by atoms with Crippen molar-refractivity contribution in [2.45, 2.75) is 33.9 Å². The van der Waals surface area contributed by atoms with Gasteiger partial charge in [0.05, 0.1) is 33.9 Å². The van der Waals surface area contributed by atoms with Crippen LogP contribution in [0.25, 0.3) is 0 Å². The van der Waals surface area contributed by atoms with Crippen LogP contribution in [0, 0.1) is 5.41 Å². The average molecular weight is 268 g/mol. The summed E-state index contributed by atoms with van der Waals surface area (Å²) in [5, 5.41) is 11.1. The van der Waals surface area contributed by atoms with Gasteiger partial charge in [0.25, 0.3) is 0 Å². The summed E-state index contributed by atoms with van der Waals surface area (Å²) in [7, 11) is 6.34. The minimum atomic E-state index is -0.350. The van der Waals surface area contributed by atoms with Crippen molar-refractivity contribution in [2.75, 3.05) is 27.7 Å². The van der Waals surface area contributed by atoms with Crippen molar-refractivity contribution < 1.29 is 9.28 Å². The number of amides is 1. The predicted molar refractivity (Wildman–Crippen MR) is 74.2 cm³/mol. The standard InChI is InChI=1S/C13H25N5O/c1-13(2,3)12(19)14-7-8-17-9-11(15-16-17)10-18(4,5)6/h9H,7-8,10H2,1-6H3/p+1. The molecule has 0 saturated carbocycles. The van der Waals surface area contributed by atoms with Gasteiger partial charge < -0.3 is 9.80 Å². The smallest absolute Gasteiger partial charge is 0.225 e. The molecule has 1 heterocycles. The Balaban J connectivity index is 2.41. The van der Waals surface area contributed by atoms with E-state index < -0.39 is 0 Å². The van der Waals surface area contributed by atoms with Crippen molar-refractivity contribution in [1.29, 1.82) is 0 Å². The first-order valence-electron chi connectivity index (χ1n) is 6.56. The third-order valence-electron chi connectivity index (χ3n) is 2.53. The molecular weight excluding hydrogens is 242 g/mol. The second-order valence-electron chi connectivity index (χ2n) is 6.93. The highest BCUT2D eigenvalue weighted by atomic mass is 16.2. The molecule has 0 fully saturated rings. The molecule has 0 bridgehead atoms. The summed E-state index contributed by atoms with van der Waals surface area (Å²) in [6.45, 7) is 7.76. The molecule has 0 aliphatic rings. The molecule has 0 aromatic carbocycles. The topological polar surface area (TPSA) is 59.8 Å². The van der Waals surface area contributed by atoms with Crippen molar-refractivity contribution in [3.05, 3.63) is 11.9 Å². The molecule has 6 nitrogen and oxygen atoms in total. The highest BCUT2D eigenvalue weighted by Crippen LogP contribution is 2.12. The van der Waals surface area contributed by atoms with E-state index in [2.05, 4.69) is 36.8 Å². The number of carbonyl (C=O) groups excluding carboxylic acids is 1. The summed E-state index contributed by atoms with van der Waals surface area (Å²) in [5.74, 6) is 0.0548. The molecule has 1 aromatic rings. The minimum absolute atomic E-state index is 0.0548. The highest BCUT2D eigenvalue weighted by molar-refractivity contribution is 5.81. The van der Waals surface area contributed by atoms with E-state index in [9.17, 15) is 4.79 Å². The number of nitrogens with zero attached hydrogens (tertiary/aromatic N) is 4. The van der Waals surface area contributed by atoms with Gasteiger partial charge in [0.15, 0.2) is 0 Å². The molecular formula is C13H26N5O+. The zero-order valence-electron chi connectivity index (χ0n) is 12.9. The Kier molecular flexibility index (Phi) is 4.68. The molecule has 0 radical (unpaired) electrons. The zero-order valence-corrected chi connectivity index (χ0v) is 12.9. The first kappa shape index (κ1) is 15.6. The average Bonchev–Trinajstić information content (AvgIpc) is 2.61. The van der Waals surface area contributed by atoms with Crippen molar-refractivity contribution in [2.24, 2.45) is 5.41 Å². The molecule has 1 aromatic heterocycles. The second-order valence-corrected chi connectivity index (χ2v) is 6.93. The summed E-state index contributed by atoms with van der Waals surface area (Å²) in [5.41, 5.74) is 0.617. The summed E-state index contributed by atoms with van der Waals surface area (Å²) >= 11 is 0. The SMILES string of the molecule is CC(C)(C)C(=O)NCCn1cc(C[N+](C)(C)C)nn1. The fraction of sp³-hybridized carbons (Fsp3) is 0.769. The summed E-state index contributed by atoms with van der Waals surface area (Å²) in [6.07, 6.45) is 1.94. The lowest BCUT2D eigenvalue weighted by Gasteiger charge is -2.21. The molecule has 0 saturated heterocycles. The van der Waals surface area contributed by atoms with E-state index in [0.717, 1.165) is 16.7 Å². The Morgan fingerprint density at radius 3 is 2.53 bits per heavy atom. The van der Waals surface area contributed by atoms with Gasteiger partial charge >= 0.3 is 0 Å². The van der Waals surface area contributed by atoms with Crippen LogP contribution in [0.2, 0.25) is 0 Å². The Labute approximate surface area is 115 Å². The number of rotatable bonds is 5. The van der Waals surface area contributed by atoms with E-state index in [-0.39, 0.29) is 11.3 Å². The molecule has 0 aliphatic heterocycles. The van der Waals surface area contributed by atoms with Crippen LogP contribution >= 0.6 is 0 Å². The Morgan fingerprint density at radius 2 is 2.00 bits per heavy atom. The lowest BCUT2D eigenvalue weighted by atomic mass is 9.96. The fourth-order valence-electron chi connectivity index (χ4n) is 1.56. The van der Waals surface area contributed by atoms with E-state index in [1.165, 1.54) is 0 Å². The molecule has 0 unspecified atom stereocenters. The molecule has 1 rings (SSSR count). The largest absolute Gasteiger partial charge is 0.354 e. The van der Waals surface area contributed by atoms with Crippen molar-refractivity contribution in [3.8, 4) is 0 Å². The van der Waals surface area contributed by atoms with Crippen LogP contribution in [-0.4, -0.2) is 53.1 Å². The molecule has 0 spiro atoms. The van der Waals surface area contributed by atoms with Crippen LogP contribution in [0.4, 0.5) is 0 Å². The van der Waals surface area contributed by atoms with E-state index >= 15 is 0 Å². The molecule has 1 amide bonds. The van der Waals surface area contributed by atoms with Gasteiger partial charge in [-0.05, 0) is 0 Å². The summed E-state index contributed by atoms with van der Waals surface area (Å²) in [4.78, 5) is 11.7. The maximum absolute atomic E-state index is 11.7. The number of aromatic nitrogens is 3. The fourth-order valence-corrected chi connectivity index (χ4v) is 1.56. The van der Waals surface area contributed by atoms with Gasteiger partial charge in [0.2, 0.25) is 5.91 Å². The third-order valence-corrected chi connectivity index (χ3v) is 2.53. The summed E-state index contributed by atoms with van der Waals surface area (Å²) in [6, 6.07) is 0. The number of nitrogens with one attached hydrogen (secondary N) is 1. The Hall–Kier alpha value is -1.43. The van der Waals surface area contributed by atoms with Crippen LogP contribution in [0.3, 0.4) is 0 Å². The van der Waals surface area contributed by atoms with Crippen LogP contribution in [0.1, 0.15) is 26.5 Å². The van der Waals surface area contributed by atoms with Gasteiger partial charge in [-0.3, -0.25) is 9.48 Å². The molecule has 0 aliphatic carbocycles. The first-order valence-corrected chi connectivity index (χ1v) is 6.56. The van der Waals surface area contributed by atoms with E-state index in [4.69, 9.17) is 0 Å².